The third-order valence-corrected chi connectivity index (χ3v) is 4.28. The highest BCUT2D eigenvalue weighted by Crippen LogP contribution is 2.18. The van der Waals surface area contributed by atoms with Crippen LogP contribution in [-0.2, 0) is 23.0 Å². The lowest BCUT2D eigenvalue weighted by Gasteiger charge is -2.11. The molecule has 0 aliphatic carbocycles. The van der Waals surface area contributed by atoms with E-state index < -0.39 is 5.97 Å². The number of benzene rings is 2. The first kappa shape index (κ1) is 18.3. The lowest BCUT2D eigenvalue weighted by molar-refractivity contribution is -0.115. The van der Waals surface area contributed by atoms with Crippen molar-refractivity contribution in [2.75, 3.05) is 12.4 Å². The number of anilines is 1. The number of aromatic nitrogens is 2. The van der Waals surface area contributed by atoms with Gasteiger partial charge in [-0.15, -0.1) is 0 Å². The maximum Gasteiger partial charge on any atom is 0.337 e. The number of hydrogen-bond acceptors (Lipinski definition) is 5. The number of nitrogens with one attached hydrogen (secondary N) is 1. The number of aryl methyl sites for hydroxylation is 2. The molecule has 0 unspecified atom stereocenters. The average molecular weight is 365 g/mol. The van der Waals surface area contributed by atoms with E-state index in [1.807, 2.05) is 0 Å². The maximum atomic E-state index is 12.5. The number of rotatable bonds is 4. The van der Waals surface area contributed by atoms with Gasteiger partial charge in [-0.2, -0.15) is 5.10 Å². The lowest BCUT2D eigenvalue weighted by Crippen LogP contribution is -2.24. The van der Waals surface area contributed by atoms with Crippen molar-refractivity contribution in [3.8, 4) is 0 Å². The highest BCUT2D eigenvalue weighted by Gasteiger charge is 2.14. The molecule has 0 saturated heterocycles. The van der Waals surface area contributed by atoms with E-state index in [2.05, 4.69) is 10.4 Å². The van der Waals surface area contributed by atoms with Crippen molar-refractivity contribution < 1.29 is 14.3 Å². The van der Waals surface area contributed by atoms with Gasteiger partial charge in [0.1, 0.15) is 0 Å². The predicted octanol–water partition coefficient (Wildman–Crippen LogP) is 2.21. The Labute approximate surface area is 155 Å². The highest BCUT2D eigenvalue weighted by molar-refractivity contribution is 5.96. The zero-order chi connectivity index (χ0) is 19.6. The van der Waals surface area contributed by atoms with Crippen LogP contribution >= 0.6 is 0 Å². The molecule has 2 aromatic carbocycles. The van der Waals surface area contributed by atoms with Crippen molar-refractivity contribution in [2.45, 2.75) is 13.3 Å². The number of amides is 1. The largest absolute Gasteiger partial charge is 0.465 e. The molecule has 3 aromatic rings. The van der Waals surface area contributed by atoms with Crippen molar-refractivity contribution in [1.29, 1.82) is 0 Å². The van der Waals surface area contributed by atoms with Crippen molar-refractivity contribution in [3.63, 3.8) is 0 Å². The Hall–Kier alpha value is -3.48. The third-order valence-electron chi connectivity index (χ3n) is 4.28. The van der Waals surface area contributed by atoms with Gasteiger partial charge in [0, 0.05) is 18.1 Å². The molecule has 0 atom stereocenters. The van der Waals surface area contributed by atoms with Gasteiger partial charge < -0.3 is 10.1 Å². The monoisotopic (exact) mass is 365 g/mol. The molecule has 0 spiro atoms. The topological polar surface area (TPSA) is 90.3 Å². The quantitative estimate of drug-likeness (QED) is 0.716. The fraction of sp³-hybridized carbons (Fsp3) is 0.200. The fourth-order valence-corrected chi connectivity index (χ4v) is 2.90. The minimum atomic E-state index is -0.433. The first-order valence-corrected chi connectivity index (χ1v) is 8.34. The van der Waals surface area contributed by atoms with Crippen molar-refractivity contribution >= 4 is 28.3 Å². The smallest absolute Gasteiger partial charge is 0.337 e. The number of esters is 1. The van der Waals surface area contributed by atoms with Crippen LogP contribution in [0.15, 0.2) is 47.3 Å². The van der Waals surface area contributed by atoms with Gasteiger partial charge in [-0.25, -0.2) is 9.48 Å². The molecule has 1 aromatic heterocycles. The minimum absolute atomic E-state index is 0.0207. The van der Waals surface area contributed by atoms with Gasteiger partial charge in [0.25, 0.3) is 5.56 Å². The van der Waals surface area contributed by atoms with E-state index >= 15 is 0 Å². The molecule has 1 amide bonds. The van der Waals surface area contributed by atoms with Gasteiger partial charge in [0.15, 0.2) is 0 Å². The van der Waals surface area contributed by atoms with Crippen LogP contribution in [0.5, 0.6) is 0 Å². The zero-order valence-electron chi connectivity index (χ0n) is 15.3. The average Bonchev–Trinajstić information content (AvgIpc) is 2.66. The van der Waals surface area contributed by atoms with E-state index in [4.69, 9.17) is 4.74 Å². The van der Waals surface area contributed by atoms with Crippen LogP contribution in [0.2, 0.25) is 0 Å². The van der Waals surface area contributed by atoms with E-state index in [1.165, 1.54) is 11.8 Å². The van der Waals surface area contributed by atoms with E-state index in [0.717, 1.165) is 5.56 Å². The molecule has 1 heterocycles. The summed E-state index contributed by atoms with van der Waals surface area (Å²) < 4.78 is 5.93. The number of carbonyl (C=O) groups excluding carboxylic acids is 2. The Morgan fingerprint density at radius 1 is 1.15 bits per heavy atom. The summed E-state index contributed by atoms with van der Waals surface area (Å²) >= 11 is 0. The van der Waals surface area contributed by atoms with Gasteiger partial charge in [-0.1, -0.05) is 18.2 Å². The maximum absolute atomic E-state index is 12.5. The number of fused-ring (bicyclic) bond motifs is 1. The second-order valence-electron chi connectivity index (χ2n) is 6.17. The van der Waals surface area contributed by atoms with Crippen LogP contribution in [0, 0.1) is 6.92 Å². The number of nitrogens with zero attached hydrogens (tertiary/aromatic N) is 2. The molecule has 0 aliphatic heterocycles. The molecular weight excluding hydrogens is 346 g/mol. The predicted molar refractivity (Wildman–Crippen MR) is 102 cm³/mol. The summed E-state index contributed by atoms with van der Waals surface area (Å²) in [5.74, 6) is -0.697. The van der Waals surface area contributed by atoms with Crippen molar-refractivity contribution in [2.24, 2.45) is 7.05 Å². The summed E-state index contributed by atoms with van der Waals surface area (Å²) in [6.45, 7) is 1.79. The van der Waals surface area contributed by atoms with Crippen LogP contribution in [0.4, 0.5) is 5.69 Å². The fourth-order valence-electron chi connectivity index (χ4n) is 2.90. The Morgan fingerprint density at radius 3 is 2.52 bits per heavy atom. The highest BCUT2D eigenvalue weighted by atomic mass is 16.5. The molecule has 0 saturated carbocycles. The summed E-state index contributed by atoms with van der Waals surface area (Å²) in [6, 6.07) is 12.0. The van der Waals surface area contributed by atoms with E-state index in [1.54, 1.807) is 56.4 Å². The number of carbonyl (C=O) groups is 2. The summed E-state index contributed by atoms with van der Waals surface area (Å²) in [6.07, 6.45) is 0.0207. The molecule has 7 nitrogen and oxygen atoms in total. The minimum Gasteiger partial charge on any atom is -0.465 e. The second kappa shape index (κ2) is 7.41. The first-order chi connectivity index (χ1) is 12.9. The Morgan fingerprint density at radius 2 is 1.85 bits per heavy atom. The van der Waals surface area contributed by atoms with Crippen molar-refractivity contribution in [1.82, 2.24) is 9.78 Å². The standard InChI is InChI=1S/C20H19N3O4/c1-12-10-13(20(26)27-3)8-9-16(12)21-18(24)11-17-14-6-4-5-7-15(14)19(25)23(2)22-17/h4-10H,11H2,1-3H3,(H,21,24). The molecule has 138 valence electrons. The number of methoxy groups -OCH3 is 1. The summed E-state index contributed by atoms with van der Waals surface area (Å²) in [5.41, 5.74) is 2.07. The number of hydrogen-bond donors (Lipinski definition) is 1. The van der Waals surface area contributed by atoms with Crippen LogP contribution in [-0.4, -0.2) is 28.8 Å². The SMILES string of the molecule is COC(=O)c1ccc(NC(=O)Cc2nn(C)c(=O)c3ccccc23)c(C)c1. The second-order valence-corrected chi connectivity index (χ2v) is 6.17. The molecule has 0 radical (unpaired) electrons. The summed E-state index contributed by atoms with van der Waals surface area (Å²) in [5, 5.41) is 8.24. The Balaban J connectivity index is 1.85. The van der Waals surface area contributed by atoms with Crippen molar-refractivity contribution in [3.05, 3.63) is 69.6 Å². The zero-order valence-corrected chi connectivity index (χ0v) is 15.3. The van der Waals surface area contributed by atoms with Crippen LogP contribution in [0.25, 0.3) is 10.8 Å². The van der Waals surface area contributed by atoms with Crippen LogP contribution in [0.3, 0.4) is 0 Å². The Bertz CT molecular complexity index is 1100. The molecule has 0 fully saturated rings. The van der Waals surface area contributed by atoms with E-state index in [-0.39, 0.29) is 17.9 Å². The van der Waals surface area contributed by atoms with Gasteiger partial charge in [-0.05, 0) is 36.8 Å². The first-order valence-electron chi connectivity index (χ1n) is 8.34. The summed E-state index contributed by atoms with van der Waals surface area (Å²) in [7, 11) is 2.88. The molecule has 3 rings (SSSR count). The molecule has 7 heteroatoms. The molecular formula is C20H19N3O4. The van der Waals surface area contributed by atoms with Gasteiger partial charge in [0.05, 0.1) is 30.2 Å². The summed E-state index contributed by atoms with van der Waals surface area (Å²) in [4.78, 5) is 36.3. The van der Waals surface area contributed by atoms with Gasteiger partial charge in [0.2, 0.25) is 5.91 Å². The van der Waals surface area contributed by atoms with Gasteiger partial charge in [-0.3, -0.25) is 9.59 Å². The van der Waals surface area contributed by atoms with E-state index in [9.17, 15) is 14.4 Å². The molecule has 27 heavy (non-hydrogen) atoms. The third kappa shape index (κ3) is 3.72. The molecule has 1 N–H and O–H groups in total. The molecule has 0 bridgehead atoms. The van der Waals surface area contributed by atoms with Crippen LogP contribution < -0.4 is 10.9 Å². The normalized spacial score (nSPS) is 10.6. The Kier molecular flexibility index (Phi) is 5.03. The number of ether oxygens (including phenoxy) is 1. The van der Waals surface area contributed by atoms with Crippen LogP contribution in [0.1, 0.15) is 21.6 Å². The van der Waals surface area contributed by atoms with Gasteiger partial charge >= 0.3 is 5.97 Å². The molecule has 0 aliphatic rings. The van der Waals surface area contributed by atoms with E-state index in [0.29, 0.717) is 27.7 Å². The lowest BCUT2D eigenvalue weighted by atomic mass is 10.1.